The summed E-state index contributed by atoms with van der Waals surface area (Å²) in [6.45, 7) is 2.42. The van der Waals surface area contributed by atoms with Gasteiger partial charge < -0.3 is 4.90 Å². The molecule has 1 nitrogen and oxygen atoms in total. The van der Waals surface area contributed by atoms with Gasteiger partial charge in [0.2, 0.25) is 0 Å². The maximum atomic E-state index is 3.57. The van der Waals surface area contributed by atoms with Gasteiger partial charge >= 0.3 is 0 Å². The highest BCUT2D eigenvalue weighted by Gasteiger charge is 2.17. The number of para-hydroxylation sites is 1. The van der Waals surface area contributed by atoms with Gasteiger partial charge in [-0.05, 0) is 30.9 Å². The quantitative estimate of drug-likeness (QED) is 0.732. The summed E-state index contributed by atoms with van der Waals surface area (Å²) in [5.74, 6) is 0.884. The molecule has 0 aliphatic carbocycles. The molecule has 0 bridgehead atoms. The molecule has 1 saturated heterocycles. The van der Waals surface area contributed by atoms with Gasteiger partial charge in [0.15, 0.2) is 0 Å². The van der Waals surface area contributed by atoms with Gasteiger partial charge in [-0.2, -0.15) is 0 Å². The Balaban J connectivity index is 1.96. The molecule has 0 radical (unpaired) electrons. The summed E-state index contributed by atoms with van der Waals surface area (Å²) < 4.78 is 0. The third-order valence-corrected chi connectivity index (χ3v) is 3.87. The third-order valence-electron chi connectivity index (χ3n) is 2.95. The van der Waals surface area contributed by atoms with E-state index >= 15 is 0 Å². The molecule has 0 unspecified atom stereocenters. The van der Waals surface area contributed by atoms with E-state index in [1.54, 1.807) is 0 Å². The smallest absolute Gasteiger partial charge is 0.0366 e. The van der Waals surface area contributed by atoms with Crippen molar-refractivity contribution in [1.82, 2.24) is 0 Å². The molecule has 1 aromatic rings. The van der Waals surface area contributed by atoms with E-state index in [9.17, 15) is 0 Å². The number of hydrogen-bond acceptors (Lipinski definition) is 1. The van der Waals surface area contributed by atoms with E-state index in [2.05, 4.69) is 51.2 Å². The van der Waals surface area contributed by atoms with Crippen LogP contribution in [0.3, 0.4) is 0 Å². The Morgan fingerprint density at radius 2 is 1.79 bits per heavy atom. The van der Waals surface area contributed by atoms with Crippen LogP contribution in [-0.2, 0) is 0 Å². The van der Waals surface area contributed by atoms with Crippen LogP contribution in [0.15, 0.2) is 30.3 Å². The summed E-state index contributed by atoms with van der Waals surface area (Å²) in [5.41, 5.74) is 1.38. The van der Waals surface area contributed by atoms with E-state index in [4.69, 9.17) is 0 Å². The predicted octanol–water partition coefficient (Wildman–Crippen LogP) is 3.30. The fourth-order valence-electron chi connectivity index (χ4n) is 1.98. The van der Waals surface area contributed by atoms with Crippen LogP contribution in [0, 0.1) is 5.92 Å². The number of hydrogen-bond donors (Lipinski definition) is 0. The highest BCUT2D eigenvalue weighted by molar-refractivity contribution is 9.09. The third kappa shape index (κ3) is 2.30. The number of alkyl halides is 1. The minimum Gasteiger partial charge on any atom is -0.372 e. The molecular formula is C12H16BrN. The van der Waals surface area contributed by atoms with E-state index in [0.29, 0.717) is 0 Å². The predicted molar refractivity (Wildman–Crippen MR) is 65.2 cm³/mol. The van der Waals surface area contributed by atoms with Gasteiger partial charge in [-0.15, -0.1) is 0 Å². The molecule has 0 atom stereocenters. The van der Waals surface area contributed by atoms with Crippen molar-refractivity contribution in [2.45, 2.75) is 12.8 Å². The SMILES string of the molecule is BrCC1CCN(c2ccccc2)CC1. The van der Waals surface area contributed by atoms with Crippen LogP contribution < -0.4 is 4.90 Å². The van der Waals surface area contributed by atoms with Gasteiger partial charge in [0.1, 0.15) is 0 Å². The van der Waals surface area contributed by atoms with Gasteiger partial charge in [-0.25, -0.2) is 0 Å². The number of halogens is 1. The lowest BCUT2D eigenvalue weighted by atomic mass is 9.99. The molecule has 0 aromatic heterocycles. The van der Waals surface area contributed by atoms with Crippen LogP contribution in [0.2, 0.25) is 0 Å². The lowest BCUT2D eigenvalue weighted by Gasteiger charge is -2.32. The summed E-state index contributed by atoms with van der Waals surface area (Å²) in [5, 5.41) is 1.16. The van der Waals surface area contributed by atoms with Crippen LogP contribution in [0.25, 0.3) is 0 Å². The molecule has 2 rings (SSSR count). The zero-order valence-electron chi connectivity index (χ0n) is 8.32. The Kier molecular flexibility index (Phi) is 3.46. The Morgan fingerprint density at radius 3 is 2.36 bits per heavy atom. The van der Waals surface area contributed by atoms with E-state index < -0.39 is 0 Å². The monoisotopic (exact) mass is 253 g/mol. The van der Waals surface area contributed by atoms with Crippen LogP contribution in [0.4, 0.5) is 5.69 Å². The van der Waals surface area contributed by atoms with Crippen LogP contribution >= 0.6 is 15.9 Å². The summed E-state index contributed by atoms with van der Waals surface area (Å²) in [6, 6.07) is 10.7. The van der Waals surface area contributed by atoms with E-state index in [0.717, 1.165) is 11.2 Å². The number of piperidine rings is 1. The molecule has 1 aromatic carbocycles. The number of benzene rings is 1. The zero-order valence-corrected chi connectivity index (χ0v) is 9.91. The maximum Gasteiger partial charge on any atom is 0.0366 e. The van der Waals surface area contributed by atoms with E-state index in [1.165, 1.54) is 31.6 Å². The Morgan fingerprint density at radius 1 is 1.14 bits per heavy atom. The van der Waals surface area contributed by atoms with Crippen LogP contribution in [0.5, 0.6) is 0 Å². The van der Waals surface area contributed by atoms with Gasteiger partial charge in [-0.1, -0.05) is 34.1 Å². The average molecular weight is 254 g/mol. The molecule has 1 heterocycles. The van der Waals surface area contributed by atoms with E-state index in [1.807, 2.05) is 0 Å². The normalized spacial score (nSPS) is 18.5. The minimum absolute atomic E-state index is 0.884. The molecule has 2 heteroatoms. The van der Waals surface area contributed by atoms with Crippen molar-refractivity contribution in [3.63, 3.8) is 0 Å². The highest BCUT2D eigenvalue weighted by Crippen LogP contribution is 2.23. The molecule has 0 amide bonds. The highest BCUT2D eigenvalue weighted by atomic mass is 79.9. The molecule has 0 spiro atoms. The standard InChI is InChI=1S/C12H16BrN/c13-10-11-6-8-14(9-7-11)12-4-2-1-3-5-12/h1-5,11H,6-10H2. The van der Waals surface area contributed by atoms with E-state index in [-0.39, 0.29) is 0 Å². The first-order valence-electron chi connectivity index (χ1n) is 5.26. The number of anilines is 1. The molecule has 1 fully saturated rings. The Labute approximate surface area is 94.2 Å². The largest absolute Gasteiger partial charge is 0.372 e. The lowest BCUT2D eigenvalue weighted by molar-refractivity contribution is 0.447. The molecule has 1 aliphatic rings. The van der Waals surface area contributed by atoms with Gasteiger partial charge in [0, 0.05) is 24.1 Å². The van der Waals surface area contributed by atoms with Crippen LogP contribution in [-0.4, -0.2) is 18.4 Å². The Hall–Kier alpha value is -0.500. The van der Waals surface area contributed by atoms with Crippen molar-refractivity contribution in [2.75, 3.05) is 23.3 Å². The van der Waals surface area contributed by atoms with Crippen LogP contribution in [0.1, 0.15) is 12.8 Å². The van der Waals surface area contributed by atoms with Crippen molar-refractivity contribution < 1.29 is 0 Å². The average Bonchev–Trinajstić information content (AvgIpc) is 2.30. The topological polar surface area (TPSA) is 3.24 Å². The van der Waals surface area contributed by atoms with Gasteiger partial charge in [0.05, 0.1) is 0 Å². The second kappa shape index (κ2) is 4.83. The molecule has 14 heavy (non-hydrogen) atoms. The molecule has 0 N–H and O–H groups in total. The molecule has 76 valence electrons. The second-order valence-electron chi connectivity index (χ2n) is 3.92. The van der Waals surface area contributed by atoms with Gasteiger partial charge in [-0.3, -0.25) is 0 Å². The fourth-order valence-corrected chi connectivity index (χ4v) is 2.63. The first-order chi connectivity index (χ1) is 6.90. The summed E-state index contributed by atoms with van der Waals surface area (Å²) in [6.07, 6.45) is 2.64. The van der Waals surface area contributed by atoms with Crippen molar-refractivity contribution >= 4 is 21.6 Å². The first-order valence-corrected chi connectivity index (χ1v) is 6.38. The Bertz CT molecular complexity index is 265. The summed E-state index contributed by atoms with van der Waals surface area (Å²) >= 11 is 3.57. The van der Waals surface area contributed by atoms with Crippen molar-refractivity contribution in [3.8, 4) is 0 Å². The summed E-state index contributed by atoms with van der Waals surface area (Å²) in [4.78, 5) is 2.49. The van der Waals surface area contributed by atoms with Crippen molar-refractivity contribution in [3.05, 3.63) is 30.3 Å². The van der Waals surface area contributed by atoms with Gasteiger partial charge in [0.25, 0.3) is 0 Å². The number of nitrogens with zero attached hydrogens (tertiary/aromatic N) is 1. The number of rotatable bonds is 2. The lowest BCUT2D eigenvalue weighted by Crippen LogP contribution is -2.33. The first kappa shape index (κ1) is 10.0. The fraction of sp³-hybridized carbons (Fsp3) is 0.500. The molecule has 0 saturated carbocycles. The minimum atomic E-state index is 0.884. The zero-order chi connectivity index (χ0) is 9.80. The molecule has 1 aliphatic heterocycles. The summed E-state index contributed by atoms with van der Waals surface area (Å²) in [7, 11) is 0. The second-order valence-corrected chi connectivity index (χ2v) is 4.57. The van der Waals surface area contributed by atoms with Crippen molar-refractivity contribution in [2.24, 2.45) is 5.92 Å². The van der Waals surface area contributed by atoms with Crippen molar-refractivity contribution in [1.29, 1.82) is 0 Å². The molecular weight excluding hydrogens is 238 g/mol. The maximum absolute atomic E-state index is 3.57.